The molecular formula is C15H15ClF2N2. The van der Waals surface area contributed by atoms with Gasteiger partial charge in [-0.25, -0.2) is 8.78 Å². The third-order valence-electron chi connectivity index (χ3n) is 3.25. The zero-order valence-corrected chi connectivity index (χ0v) is 11.7. The quantitative estimate of drug-likeness (QED) is 0.667. The summed E-state index contributed by atoms with van der Waals surface area (Å²) in [4.78, 5) is 0. The van der Waals surface area contributed by atoms with Crippen molar-refractivity contribution < 1.29 is 8.78 Å². The first kappa shape index (κ1) is 14.9. The molecule has 0 radical (unpaired) electrons. The molecule has 0 bridgehead atoms. The second-order valence-electron chi connectivity index (χ2n) is 4.61. The van der Waals surface area contributed by atoms with E-state index in [0.29, 0.717) is 17.0 Å². The highest BCUT2D eigenvalue weighted by Gasteiger charge is 2.21. The number of aryl methyl sites for hydroxylation is 1. The van der Waals surface area contributed by atoms with E-state index in [4.69, 9.17) is 17.4 Å². The molecule has 0 fully saturated rings. The van der Waals surface area contributed by atoms with E-state index in [2.05, 4.69) is 5.43 Å². The van der Waals surface area contributed by atoms with Crippen molar-refractivity contribution in [1.29, 1.82) is 0 Å². The molecule has 2 aromatic rings. The van der Waals surface area contributed by atoms with Gasteiger partial charge < -0.3 is 0 Å². The zero-order chi connectivity index (χ0) is 14.7. The molecular weight excluding hydrogens is 282 g/mol. The van der Waals surface area contributed by atoms with Crippen LogP contribution in [0, 0.1) is 18.6 Å². The number of rotatable bonds is 4. The average Bonchev–Trinajstić information content (AvgIpc) is 2.44. The summed E-state index contributed by atoms with van der Waals surface area (Å²) >= 11 is 6.07. The van der Waals surface area contributed by atoms with Gasteiger partial charge in [0, 0.05) is 10.6 Å². The molecule has 0 aliphatic rings. The maximum Gasteiger partial charge on any atom is 0.133 e. The largest absolute Gasteiger partial charge is 0.271 e. The Kier molecular flexibility index (Phi) is 4.70. The Balaban J connectivity index is 2.39. The van der Waals surface area contributed by atoms with Crippen LogP contribution in [-0.2, 0) is 6.42 Å². The highest BCUT2D eigenvalue weighted by molar-refractivity contribution is 6.31. The molecule has 0 aliphatic heterocycles. The Morgan fingerprint density at radius 2 is 1.90 bits per heavy atom. The predicted octanol–water partition coefficient (Wildman–Crippen LogP) is 3.67. The van der Waals surface area contributed by atoms with E-state index in [1.54, 1.807) is 25.1 Å². The Labute approximate surface area is 121 Å². The highest BCUT2D eigenvalue weighted by atomic mass is 35.5. The van der Waals surface area contributed by atoms with E-state index < -0.39 is 17.7 Å². The van der Waals surface area contributed by atoms with E-state index in [9.17, 15) is 8.78 Å². The summed E-state index contributed by atoms with van der Waals surface area (Å²) in [5.74, 6) is 4.26. The molecule has 2 rings (SSSR count). The molecule has 0 aromatic heterocycles. The van der Waals surface area contributed by atoms with Crippen molar-refractivity contribution in [2.45, 2.75) is 19.4 Å². The second kappa shape index (κ2) is 6.31. The highest BCUT2D eigenvalue weighted by Crippen LogP contribution is 2.27. The Morgan fingerprint density at radius 1 is 1.20 bits per heavy atom. The van der Waals surface area contributed by atoms with Gasteiger partial charge in [0.1, 0.15) is 11.6 Å². The van der Waals surface area contributed by atoms with Crippen LogP contribution in [0.2, 0.25) is 5.02 Å². The standard InChI is InChI=1S/C15H15ClF2N2/c1-9-6-7-12(17)14(15(9)18)13(20-19)8-10-4-2-3-5-11(10)16/h2-7,13,20H,8,19H2,1H3. The van der Waals surface area contributed by atoms with Gasteiger partial charge in [-0.3, -0.25) is 11.3 Å². The van der Waals surface area contributed by atoms with Crippen molar-refractivity contribution in [3.8, 4) is 0 Å². The maximum atomic E-state index is 14.1. The predicted molar refractivity (Wildman–Crippen MR) is 76.3 cm³/mol. The molecule has 1 unspecified atom stereocenters. The number of hydrazine groups is 1. The lowest BCUT2D eigenvalue weighted by molar-refractivity contribution is 0.470. The number of nitrogens with two attached hydrogens (primary N) is 1. The van der Waals surface area contributed by atoms with Crippen molar-refractivity contribution in [2.75, 3.05) is 0 Å². The Bertz CT molecular complexity index is 617. The van der Waals surface area contributed by atoms with Gasteiger partial charge in [0.15, 0.2) is 0 Å². The van der Waals surface area contributed by atoms with Crippen molar-refractivity contribution >= 4 is 11.6 Å². The Morgan fingerprint density at radius 3 is 2.55 bits per heavy atom. The van der Waals surface area contributed by atoms with Gasteiger partial charge >= 0.3 is 0 Å². The fourth-order valence-electron chi connectivity index (χ4n) is 2.13. The first-order chi connectivity index (χ1) is 9.54. The molecule has 20 heavy (non-hydrogen) atoms. The van der Waals surface area contributed by atoms with Crippen LogP contribution in [0.3, 0.4) is 0 Å². The van der Waals surface area contributed by atoms with Gasteiger partial charge in [0.05, 0.1) is 6.04 Å². The van der Waals surface area contributed by atoms with Crippen LogP contribution < -0.4 is 11.3 Å². The zero-order valence-electron chi connectivity index (χ0n) is 11.0. The van der Waals surface area contributed by atoms with E-state index in [1.165, 1.54) is 12.1 Å². The van der Waals surface area contributed by atoms with E-state index in [-0.39, 0.29) is 5.56 Å². The summed E-state index contributed by atoms with van der Waals surface area (Å²) in [5.41, 5.74) is 3.55. The van der Waals surface area contributed by atoms with Gasteiger partial charge in [-0.2, -0.15) is 0 Å². The lowest BCUT2D eigenvalue weighted by Crippen LogP contribution is -2.31. The lowest BCUT2D eigenvalue weighted by atomic mass is 9.97. The molecule has 5 heteroatoms. The van der Waals surface area contributed by atoms with Gasteiger partial charge in [-0.1, -0.05) is 35.9 Å². The SMILES string of the molecule is Cc1ccc(F)c(C(Cc2ccccc2Cl)NN)c1F. The first-order valence-electron chi connectivity index (χ1n) is 6.18. The molecule has 2 nitrogen and oxygen atoms in total. The van der Waals surface area contributed by atoms with Crippen molar-refractivity contribution in [1.82, 2.24) is 5.43 Å². The molecule has 0 spiro atoms. The summed E-state index contributed by atoms with van der Waals surface area (Å²) in [6.07, 6.45) is 0.299. The number of halogens is 3. The smallest absolute Gasteiger partial charge is 0.133 e. The maximum absolute atomic E-state index is 14.1. The fraction of sp³-hybridized carbons (Fsp3) is 0.200. The van der Waals surface area contributed by atoms with Crippen molar-refractivity contribution in [3.63, 3.8) is 0 Å². The van der Waals surface area contributed by atoms with Gasteiger partial charge in [0.25, 0.3) is 0 Å². The minimum absolute atomic E-state index is 0.0626. The second-order valence-corrected chi connectivity index (χ2v) is 5.01. The van der Waals surface area contributed by atoms with Crippen molar-refractivity contribution in [2.24, 2.45) is 5.84 Å². The third kappa shape index (κ3) is 2.98. The van der Waals surface area contributed by atoms with Crippen LogP contribution in [0.4, 0.5) is 8.78 Å². The van der Waals surface area contributed by atoms with Gasteiger partial charge in [-0.15, -0.1) is 0 Å². The third-order valence-corrected chi connectivity index (χ3v) is 3.62. The van der Waals surface area contributed by atoms with Crippen LogP contribution in [0.5, 0.6) is 0 Å². The van der Waals surface area contributed by atoms with Crippen LogP contribution in [-0.4, -0.2) is 0 Å². The number of hydrogen-bond acceptors (Lipinski definition) is 2. The number of nitrogens with one attached hydrogen (secondary N) is 1. The summed E-state index contributed by atoms with van der Waals surface area (Å²) in [5, 5.41) is 0.543. The van der Waals surface area contributed by atoms with Crippen LogP contribution in [0.1, 0.15) is 22.7 Å². The number of hydrogen-bond donors (Lipinski definition) is 2. The fourth-order valence-corrected chi connectivity index (χ4v) is 2.34. The van der Waals surface area contributed by atoms with E-state index >= 15 is 0 Å². The van der Waals surface area contributed by atoms with E-state index in [0.717, 1.165) is 5.56 Å². The summed E-state index contributed by atoms with van der Waals surface area (Å²) < 4.78 is 28.0. The van der Waals surface area contributed by atoms with E-state index in [1.807, 2.05) is 6.07 Å². The van der Waals surface area contributed by atoms with Crippen LogP contribution in [0.25, 0.3) is 0 Å². The number of benzene rings is 2. The molecule has 106 valence electrons. The molecule has 0 saturated heterocycles. The molecule has 0 amide bonds. The van der Waals surface area contributed by atoms with Gasteiger partial charge in [-0.05, 0) is 36.6 Å². The molecule has 1 atom stereocenters. The molecule has 0 heterocycles. The van der Waals surface area contributed by atoms with Gasteiger partial charge in [0.2, 0.25) is 0 Å². The summed E-state index contributed by atoms with van der Waals surface area (Å²) in [6.45, 7) is 1.58. The molecule has 0 saturated carbocycles. The summed E-state index contributed by atoms with van der Waals surface area (Å²) in [7, 11) is 0. The first-order valence-corrected chi connectivity index (χ1v) is 6.56. The van der Waals surface area contributed by atoms with Crippen LogP contribution in [0.15, 0.2) is 36.4 Å². The molecule has 2 aromatic carbocycles. The Hall–Kier alpha value is -1.49. The van der Waals surface area contributed by atoms with Crippen LogP contribution >= 0.6 is 11.6 Å². The molecule has 0 aliphatic carbocycles. The van der Waals surface area contributed by atoms with Crippen molar-refractivity contribution in [3.05, 3.63) is 69.7 Å². The average molecular weight is 297 g/mol. The normalized spacial score (nSPS) is 12.4. The minimum atomic E-state index is -0.685. The monoisotopic (exact) mass is 296 g/mol. The minimum Gasteiger partial charge on any atom is -0.271 e. The summed E-state index contributed by atoms with van der Waals surface area (Å²) in [6, 6.07) is 9.10. The lowest BCUT2D eigenvalue weighted by Gasteiger charge is -2.19. The molecule has 3 N–H and O–H groups in total. The topological polar surface area (TPSA) is 38.0 Å².